The molecule has 2 aliphatic rings. The molecule has 2 fully saturated rings. The Morgan fingerprint density at radius 3 is 2.74 bits per heavy atom. The Bertz CT molecular complexity index is 625. The summed E-state index contributed by atoms with van der Waals surface area (Å²) in [4.78, 5) is 18.5. The van der Waals surface area contributed by atoms with Crippen LogP contribution in [-0.2, 0) is 17.4 Å². The van der Waals surface area contributed by atoms with Crippen LogP contribution >= 0.6 is 15.9 Å². The van der Waals surface area contributed by atoms with Crippen molar-refractivity contribution in [2.45, 2.75) is 44.8 Å². The van der Waals surface area contributed by atoms with E-state index in [-0.39, 0.29) is 12.0 Å². The molecule has 0 aromatic carbocycles. The van der Waals surface area contributed by atoms with Crippen LogP contribution in [0.15, 0.2) is 10.8 Å². The first-order valence-corrected chi connectivity index (χ1v) is 8.79. The number of carbonyl (C=O) groups excluding carboxylic acids is 1. The highest BCUT2D eigenvalue weighted by molar-refractivity contribution is 9.10. The Hall–Kier alpha value is -1.08. The molecule has 3 atom stereocenters. The van der Waals surface area contributed by atoms with Crippen LogP contribution in [-0.4, -0.2) is 44.3 Å². The van der Waals surface area contributed by atoms with E-state index in [1.807, 2.05) is 38.6 Å². The maximum atomic E-state index is 12.3. The lowest BCUT2D eigenvalue weighted by Gasteiger charge is -2.30. The maximum Gasteiger partial charge on any atom is 0.410 e. The monoisotopic (exact) mass is 385 g/mol. The zero-order valence-electron chi connectivity index (χ0n) is 14.0. The molecule has 3 unspecified atom stereocenters. The molecule has 128 valence electrons. The average molecular weight is 386 g/mol. The van der Waals surface area contributed by atoms with Gasteiger partial charge in [0.05, 0.1) is 0 Å². The number of aryl methyl sites for hydroxylation is 1. The third kappa shape index (κ3) is 3.01. The van der Waals surface area contributed by atoms with E-state index in [0.29, 0.717) is 35.9 Å². The molecule has 7 heteroatoms. The Labute approximate surface area is 144 Å². The van der Waals surface area contributed by atoms with Gasteiger partial charge in [0.1, 0.15) is 21.6 Å². The van der Waals surface area contributed by atoms with Crippen LogP contribution in [0.25, 0.3) is 0 Å². The molecule has 23 heavy (non-hydrogen) atoms. The summed E-state index contributed by atoms with van der Waals surface area (Å²) >= 11 is 3.37. The quantitative estimate of drug-likeness (QED) is 0.806. The largest absolute Gasteiger partial charge is 0.444 e. The summed E-state index contributed by atoms with van der Waals surface area (Å²) in [6.07, 6.45) is 3.13. The van der Waals surface area contributed by atoms with Gasteiger partial charge in [-0.3, -0.25) is 0 Å². The van der Waals surface area contributed by atoms with Crippen LogP contribution < -0.4 is 0 Å². The summed E-state index contributed by atoms with van der Waals surface area (Å²) in [6, 6.07) is 0. The molecular formula is C16H24BrN3O3. The highest BCUT2D eigenvalue weighted by Crippen LogP contribution is 2.50. The highest BCUT2D eigenvalue weighted by atomic mass is 79.9. The van der Waals surface area contributed by atoms with Gasteiger partial charge in [-0.1, -0.05) is 0 Å². The minimum atomic E-state index is -0.984. The van der Waals surface area contributed by atoms with Gasteiger partial charge in [-0.2, -0.15) is 0 Å². The van der Waals surface area contributed by atoms with Crippen molar-refractivity contribution in [3.63, 3.8) is 0 Å². The van der Waals surface area contributed by atoms with E-state index in [2.05, 4.69) is 20.9 Å². The maximum absolute atomic E-state index is 12.3. The molecule has 0 spiro atoms. The molecule has 1 aromatic rings. The lowest BCUT2D eigenvalue weighted by molar-refractivity contribution is -0.0195. The molecule has 2 heterocycles. The SMILES string of the molecule is Cn1cc(Br)nc1C1(O)CCC2CN(C(=O)OC(C)(C)C)CC21. The van der Waals surface area contributed by atoms with Crippen molar-refractivity contribution >= 4 is 22.0 Å². The molecule has 1 amide bonds. The second kappa shape index (κ2) is 5.48. The standard InChI is InChI=1S/C16H24BrN3O3/c1-15(2,3)23-14(21)20-7-10-5-6-16(22,11(10)8-20)13-18-12(17)9-19(13)4/h9-11,22H,5-8H2,1-4H3. The number of carbonyl (C=O) groups is 1. The molecule has 1 aliphatic heterocycles. The molecule has 1 N–H and O–H groups in total. The number of aliphatic hydroxyl groups is 1. The number of fused-ring (bicyclic) bond motifs is 1. The molecule has 1 saturated carbocycles. The van der Waals surface area contributed by atoms with Gasteiger partial charge in [-0.15, -0.1) is 0 Å². The third-order valence-electron chi connectivity index (χ3n) is 4.84. The summed E-state index contributed by atoms with van der Waals surface area (Å²) in [5.74, 6) is 0.967. The van der Waals surface area contributed by atoms with Crippen LogP contribution in [0, 0.1) is 11.8 Å². The van der Waals surface area contributed by atoms with E-state index >= 15 is 0 Å². The lowest BCUT2D eigenvalue weighted by Crippen LogP contribution is -2.40. The van der Waals surface area contributed by atoms with Crippen LogP contribution in [0.5, 0.6) is 0 Å². The van der Waals surface area contributed by atoms with Crippen molar-refractivity contribution < 1.29 is 14.6 Å². The van der Waals surface area contributed by atoms with Gasteiger partial charge < -0.3 is 19.3 Å². The summed E-state index contributed by atoms with van der Waals surface area (Å²) in [7, 11) is 1.89. The number of imidazole rings is 1. The first-order valence-electron chi connectivity index (χ1n) is 8.00. The van der Waals surface area contributed by atoms with E-state index in [1.54, 1.807) is 4.90 Å². The third-order valence-corrected chi connectivity index (χ3v) is 5.22. The summed E-state index contributed by atoms with van der Waals surface area (Å²) < 4.78 is 8.05. The summed E-state index contributed by atoms with van der Waals surface area (Å²) in [6.45, 7) is 6.75. The zero-order chi connectivity index (χ0) is 17.0. The number of rotatable bonds is 1. The predicted octanol–water partition coefficient (Wildman–Crippen LogP) is 2.65. The van der Waals surface area contributed by atoms with E-state index in [0.717, 1.165) is 6.42 Å². The number of ether oxygens (including phenoxy) is 1. The lowest BCUT2D eigenvalue weighted by atomic mass is 9.87. The zero-order valence-corrected chi connectivity index (χ0v) is 15.6. The highest BCUT2D eigenvalue weighted by Gasteiger charge is 2.55. The molecule has 0 bridgehead atoms. The molecule has 0 radical (unpaired) electrons. The second-order valence-electron chi connectivity index (χ2n) is 7.71. The van der Waals surface area contributed by atoms with E-state index < -0.39 is 11.2 Å². The van der Waals surface area contributed by atoms with Gasteiger partial charge in [0.2, 0.25) is 0 Å². The Balaban J connectivity index is 1.79. The van der Waals surface area contributed by atoms with Crippen molar-refractivity contribution in [3.05, 3.63) is 16.6 Å². The fourth-order valence-corrected chi connectivity index (χ4v) is 4.36. The first kappa shape index (κ1) is 16.8. The van der Waals surface area contributed by atoms with E-state index in [1.165, 1.54) is 0 Å². The Kier molecular flexibility index (Phi) is 3.99. The number of amides is 1. The van der Waals surface area contributed by atoms with Gasteiger partial charge >= 0.3 is 6.09 Å². The summed E-state index contributed by atoms with van der Waals surface area (Å²) in [5.41, 5.74) is -1.49. The van der Waals surface area contributed by atoms with Crippen LogP contribution in [0.3, 0.4) is 0 Å². The van der Waals surface area contributed by atoms with E-state index in [4.69, 9.17) is 4.74 Å². The fourth-order valence-electron chi connectivity index (χ4n) is 3.88. The van der Waals surface area contributed by atoms with Crippen molar-refractivity contribution in [2.24, 2.45) is 18.9 Å². The smallest absolute Gasteiger partial charge is 0.410 e. The number of aromatic nitrogens is 2. The van der Waals surface area contributed by atoms with Gasteiger partial charge in [-0.05, 0) is 55.5 Å². The van der Waals surface area contributed by atoms with Crippen molar-refractivity contribution in [1.29, 1.82) is 0 Å². The first-order chi connectivity index (χ1) is 10.6. The molecule has 1 saturated heterocycles. The molecule has 3 rings (SSSR count). The van der Waals surface area contributed by atoms with Crippen molar-refractivity contribution in [2.75, 3.05) is 13.1 Å². The number of hydrogen-bond acceptors (Lipinski definition) is 4. The number of halogens is 1. The fraction of sp³-hybridized carbons (Fsp3) is 0.750. The number of nitrogens with zero attached hydrogens (tertiary/aromatic N) is 3. The normalized spacial score (nSPS) is 30.6. The van der Waals surface area contributed by atoms with Crippen LogP contribution in [0.4, 0.5) is 4.79 Å². The van der Waals surface area contributed by atoms with Crippen molar-refractivity contribution in [3.8, 4) is 0 Å². The number of likely N-dealkylation sites (tertiary alicyclic amines) is 1. The van der Waals surface area contributed by atoms with Crippen molar-refractivity contribution in [1.82, 2.24) is 14.5 Å². The van der Waals surface area contributed by atoms with Crippen LogP contribution in [0.1, 0.15) is 39.4 Å². The topological polar surface area (TPSA) is 67.6 Å². The average Bonchev–Trinajstić information content (AvgIpc) is 3.04. The van der Waals surface area contributed by atoms with Gasteiger partial charge in [0.25, 0.3) is 0 Å². The Morgan fingerprint density at radius 1 is 1.48 bits per heavy atom. The minimum Gasteiger partial charge on any atom is -0.444 e. The molecule has 6 nitrogen and oxygen atoms in total. The Morgan fingerprint density at radius 2 is 2.17 bits per heavy atom. The minimum absolute atomic E-state index is 0.00279. The molecule has 1 aliphatic carbocycles. The van der Waals surface area contributed by atoms with Crippen LogP contribution in [0.2, 0.25) is 0 Å². The van der Waals surface area contributed by atoms with Gasteiger partial charge in [0.15, 0.2) is 0 Å². The summed E-state index contributed by atoms with van der Waals surface area (Å²) in [5, 5.41) is 11.3. The predicted molar refractivity (Wildman–Crippen MR) is 88.8 cm³/mol. The molecular weight excluding hydrogens is 362 g/mol. The number of hydrogen-bond donors (Lipinski definition) is 1. The van der Waals surface area contributed by atoms with Gasteiger partial charge in [-0.25, -0.2) is 9.78 Å². The molecule has 1 aromatic heterocycles. The van der Waals surface area contributed by atoms with E-state index in [9.17, 15) is 9.90 Å². The second-order valence-corrected chi connectivity index (χ2v) is 8.53. The van der Waals surface area contributed by atoms with Gasteiger partial charge in [0, 0.05) is 32.3 Å².